The molecule has 4 nitrogen and oxygen atoms in total. The summed E-state index contributed by atoms with van der Waals surface area (Å²) in [5.41, 5.74) is 0.809. The molecule has 106 valence electrons. The molecule has 6 heteroatoms. The van der Waals surface area contributed by atoms with Crippen molar-refractivity contribution < 1.29 is 9.90 Å². The zero-order valence-electron chi connectivity index (χ0n) is 10.7. The number of hydrogen-bond donors (Lipinski definition) is 3. The van der Waals surface area contributed by atoms with Crippen LogP contribution in [0.1, 0.15) is 25.3 Å². The topological polar surface area (TPSA) is 61.4 Å². The van der Waals surface area contributed by atoms with Gasteiger partial charge in [0.25, 0.3) is 0 Å². The fraction of sp³-hybridized carbons (Fsp3) is 0.462. The normalized spacial score (nSPS) is 12.0. The fourth-order valence-corrected chi connectivity index (χ4v) is 2.06. The first kappa shape index (κ1) is 16.1. The summed E-state index contributed by atoms with van der Waals surface area (Å²) < 4.78 is 0. The molecular weight excluding hydrogens is 287 g/mol. The van der Waals surface area contributed by atoms with Crippen molar-refractivity contribution in [3.63, 3.8) is 0 Å². The minimum absolute atomic E-state index is 0.0211. The van der Waals surface area contributed by atoms with E-state index >= 15 is 0 Å². The maximum Gasteiger partial charge on any atom is 0.315 e. The van der Waals surface area contributed by atoms with E-state index in [4.69, 9.17) is 28.3 Å². The van der Waals surface area contributed by atoms with Crippen LogP contribution in [-0.2, 0) is 6.54 Å². The van der Waals surface area contributed by atoms with Gasteiger partial charge in [0.05, 0.1) is 0 Å². The maximum absolute atomic E-state index is 11.6. The molecule has 0 saturated heterocycles. The summed E-state index contributed by atoms with van der Waals surface area (Å²) in [5.74, 6) is 0. The number of aliphatic hydroxyl groups excluding tert-OH is 1. The number of carbonyl (C=O) groups is 1. The van der Waals surface area contributed by atoms with Gasteiger partial charge in [-0.2, -0.15) is 0 Å². The number of hydrogen-bond acceptors (Lipinski definition) is 2. The first-order chi connectivity index (χ1) is 9.02. The highest BCUT2D eigenvalue weighted by Crippen LogP contribution is 2.20. The molecule has 0 bridgehead atoms. The molecule has 0 aliphatic rings. The van der Waals surface area contributed by atoms with E-state index in [1.54, 1.807) is 18.2 Å². The van der Waals surface area contributed by atoms with E-state index in [2.05, 4.69) is 10.6 Å². The summed E-state index contributed by atoms with van der Waals surface area (Å²) in [7, 11) is 0. The molecule has 0 aliphatic carbocycles. The van der Waals surface area contributed by atoms with Gasteiger partial charge in [-0.3, -0.25) is 0 Å². The molecule has 0 fully saturated rings. The number of halogens is 2. The molecule has 0 heterocycles. The van der Waals surface area contributed by atoms with E-state index in [0.717, 1.165) is 12.0 Å². The first-order valence-corrected chi connectivity index (χ1v) is 6.87. The van der Waals surface area contributed by atoms with Gasteiger partial charge < -0.3 is 15.7 Å². The Morgan fingerprint density at radius 1 is 1.42 bits per heavy atom. The monoisotopic (exact) mass is 304 g/mol. The van der Waals surface area contributed by atoms with Crippen molar-refractivity contribution in [1.29, 1.82) is 0 Å². The van der Waals surface area contributed by atoms with Crippen LogP contribution in [0.25, 0.3) is 0 Å². The molecule has 19 heavy (non-hydrogen) atoms. The smallest absolute Gasteiger partial charge is 0.315 e. The van der Waals surface area contributed by atoms with Crippen molar-refractivity contribution >= 4 is 29.2 Å². The van der Waals surface area contributed by atoms with E-state index in [9.17, 15) is 4.79 Å². The van der Waals surface area contributed by atoms with Crippen molar-refractivity contribution in [2.75, 3.05) is 6.61 Å². The lowest BCUT2D eigenvalue weighted by molar-refractivity contribution is 0.234. The Morgan fingerprint density at radius 3 is 2.79 bits per heavy atom. The van der Waals surface area contributed by atoms with Gasteiger partial charge in [0.2, 0.25) is 0 Å². The summed E-state index contributed by atoms with van der Waals surface area (Å²) in [6.07, 6.45) is 1.41. The average molecular weight is 305 g/mol. The molecule has 0 spiro atoms. The van der Waals surface area contributed by atoms with Gasteiger partial charge in [-0.1, -0.05) is 29.3 Å². The van der Waals surface area contributed by atoms with Crippen LogP contribution in [0.4, 0.5) is 4.79 Å². The second-order valence-electron chi connectivity index (χ2n) is 4.33. The van der Waals surface area contributed by atoms with Gasteiger partial charge in [0, 0.05) is 29.2 Å². The van der Waals surface area contributed by atoms with Gasteiger partial charge in [-0.15, -0.1) is 0 Å². The van der Waals surface area contributed by atoms with Crippen molar-refractivity contribution in [3.05, 3.63) is 33.8 Å². The lowest BCUT2D eigenvalue weighted by Crippen LogP contribution is -2.40. The summed E-state index contributed by atoms with van der Waals surface area (Å²) in [4.78, 5) is 11.6. The van der Waals surface area contributed by atoms with E-state index < -0.39 is 0 Å². The minimum Gasteiger partial charge on any atom is -0.396 e. The van der Waals surface area contributed by atoms with Gasteiger partial charge in [-0.05, 0) is 37.5 Å². The van der Waals surface area contributed by atoms with Crippen LogP contribution in [-0.4, -0.2) is 23.8 Å². The van der Waals surface area contributed by atoms with E-state index in [0.29, 0.717) is 23.0 Å². The highest BCUT2D eigenvalue weighted by molar-refractivity contribution is 6.35. The second-order valence-corrected chi connectivity index (χ2v) is 5.17. The van der Waals surface area contributed by atoms with Crippen LogP contribution in [0.5, 0.6) is 0 Å². The van der Waals surface area contributed by atoms with Crippen LogP contribution in [0.15, 0.2) is 18.2 Å². The molecule has 1 rings (SSSR count). The average Bonchev–Trinajstić information content (AvgIpc) is 2.35. The Bertz CT molecular complexity index is 427. The van der Waals surface area contributed by atoms with Crippen molar-refractivity contribution in [3.8, 4) is 0 Å². The molecule has 1 unspecified atom stereocenters. The molecular formula is C13H18Cl2N2O2. The fourth-order valence-electron chi connectivity index (χ4n) is 1.59. The number of rotatable bonds is 6. The third-order valence-corrected chi connectivity index (χ3v) is 3.21. The van der Waals surface area contributed by atoms with Crippen LogP contribution in [0.2, 0.25) is 10.0 Å². The lowest BCUT2D eigenvalue weighted by Gasteiger charge is -2.14. The SMILES string of the molecule is CC(CCCO)NC(=O)NCc1ccc(Cl)cc1Cl. The van der Waals surface area contributed by atoms with Gasteiger partial charge in [-0.25, -0.2) is 4.79 Å². The predicted molar refractivity (Wildman–Crippen MR) is 77.6 cm³/mol. The van der Waals surface area contributed by atoms with Gasteiger partial charge in [0.15, 0.2) is 0 Å². The molecule has 2 amide bonds. The molecule has 0 radical (unpaired) electrons. The highest BCUT2D eigenvalue weighted by atomic mass is 35.5. The van der Waals surface area contributed by atoms with Crippen molar-refractivity contribution in [2.24, 2.45) is 0 Å². The summed E-state index contributed by atoms with van der Waals surface area (Å²) in [6.45, 7) is 2.37. The largest absolute Gasteiger partial charge is 0.396 e. The Morgan fingerprint density at radius 2 is 2.16 bits per heavy atom. The first-order valence-electron chi connectivity index (χ1n) is 6.12. The molecule has 0 aliphatic heterocycles. The minimum atomic E-state index is -0.253. The number of benzene rings is 1. The predicted octanol–water partition coefficient (Wildman–Crippen LogP) is 2.95. The highest BCUT2D eigenvalue weighted by Gasteiger charge is 2.07. The Balaban J connectivity index is 2.37. The van der Waals surface area contributed by atoms with Crippen molar-refractivity contribution in [1.82, 2.24) is 10.6 Å². The third-order valence-electron chi connectivity index (χ3n) is 2.63. The molecule has 0 saturated carbocycles. The van der Waals surface area contributed by atoms with E-state index in [1.807, 2.05) is 6.92 Å². The molecule has 3 N–H and O–H groups in total. The zero-order chi connectivity index (χ0) is 14.3. The quantitative estimate of drug-likeness (QED) is 0.756. The Labute approximate surface area is 123 Å². The Hall–Kier alpha value is -0.970. The number of carbonyl (C=O) groups excluding carboxylic acids is 1. The number of aliphatic hydroxyl groups is 1. The number of urea groups is 1. The Kier molecular flexibility index (Phi) is 6.99. The summed E-state index contributed by atoms with van der Waals surface area (Å²) >= 11 is 11.8. The standard InChI is InChI=1S/C13H18Cl2N2O2/c1-9(3-2-6-18)17-13(19)16-8-10-4-5-11(14)7-12(10)15/h4-5,7,9,18H,2-3,6,8H2,1H3,(H2,16,17,19). The van der Waals surface area contributed by atoms with Gasteiger partial charge >= 0.3 is 6.03 Å². The zero-order valence-corrected chi connectivity index (χ0v) is 12.3. The lowest BCUT2D eigenvalue weighted by atomic mass is 10.2. The molecule has 1 atom stereocenters. The number of amides is 2. The number of nitrogens with one attached hydrogen (secondary N) is 2. The van der Waals surface area contributed by atoms with Crippen LogP contribution in [0.3, 0.4) is 0 Å². The van der Waals surface area contributed by atoms with E-state index in [-0.39, 0.29) is 18.7 Å². The van der Waals surface area contributed by atoms with Gasteiger partial charge in [0.1, 0.15) is 0 Å². The van der Waals surface area contributed by atoms with Crippen LogP contribution in [0, 0.1) is 0 Å². The van der Waals surface area contributed by atoms with Crippen molar-refractivity contribution in [2.45, 2.75) is 32.4 Å². The summed E-state index contributed by atoms with van der Waals surface area (Å²) in [6, 6.07) is 4.91. The molecule has 1 aromatic carbocycles. The van der Waals surface area contributed by atoms with E-state index in [1.165, 1.54) is 0 Å². The molecule has 1 aromatic rings. The maximum atomic E-state index is 11.6. The third kappa shape index (κ3) is 6.14. The summed E-state index contributed by atoms with van der Waals surface area (Å²) in [5, 5.41) is 15.3. The molecule has 0 aromatic heterocycles. The van der Waals surface area contributed by atoms with Crippen LogP contribution < -0.4 is 10.6 Å². The van der Waals surface area contributed by atoms with Crippen LogP contribution >= 0.6 is 23.2 Å². The second kappa shape index (κ2) is 8.25.